The normalized spacial score (nSPS) is 12.8. The van der Waals surface area contributed by atoms with Crippen LogP contribution in [0.2, 0.25) is 5.02 Å². The lowest BCUT2D eigenvalue weighted by Crippen LogP contribution is -2.29. The Kier molecular flexibility index (Phi) is 3.44. The number of benzene rings is 1. The molecule has 0 aliphatic carbocycles. The maximum absolute atomic E-state index is 5.85. The summed E-state index contributed by atoms with van der Waals surface area (Å²) in [6, 6.07) is 11.3. The Bertz CT molecular complexity index is 736. The molecule has 3 rings (SSSR count). The van der Waals surface area contributed by atoms with Gasteiger partial charge >= 0.3 is 0 Å². The van der Waals surface area contributed by atoms with Gasteiger partial charge in [0.15, 0.2) is 0 Å². The maximum Gasteiger partial charge on any atom is 0.134 e. The van der Waals surface area contributed by atoms with Crippen molar-refractivity contribution < 1.29 is 4.42 Å². The first-order valence-electron chi connectivity index (χ1n) is 6.25. The topological polar surface area (TPSA) is 64.1 Å². The fourth-order valence-electron chi connectivity index (χ4n) is 2.20. The number of hydrazine groups is 1. The molecule has 1 aromatic carbocycles. The summed E-state index contributed by atoms with van der Waals surface area (Å²) in [5.74, 6) is 6.37. The molecule has 2 aromatic heterocycles. The van der Waals surface area contributed by atoms with Crippen molar-refractivity contribution in [2.24, 2.45) is 5.84 Å². The van der Waals surface area contributed by atoms with Crippen molar-refractivity contribution in [1.82, 2.24) is 10.4 Å². The third-order valence-electron chi connectivity index (χ3n) is 3.19. The van der Waals surface area contributed by atoms with Crippen LogP contribution < -0.4 is 11.3 Å². The van der Waals surface area contributed by atoms with Crippen molar-refractivity contribution >= 4 is 22.6 Å². The van der Waals surface area contributed by atoms with Crippen molar-refractivity contribution in [2.75, 3.05) is 0 Å². The maximum atomic E-state index is 5.85. The van der Waals surface area contributed by atoms with E-state index in [-0.39, 0.29) is 6.04 Å². The Morgan fingerprint density at radius 1 is 1.25 bits per heavy atom. The van der Waals surface area contributed by atoms with Crippen molar-refractivity contribution in [3.8, 4) is 0 Å². The van der Waals surface area contributed by atoms with Crippen LogP contribution in [0.25, 0.3) is 11.0 Å². The number of nitrogens with two attached hydrogens (primary N) is 1. The number of fused-ring (bicyclic) bond motifs is 1. The second-order valence-electron chi connectivity index (χ2n) is 4.69. The summed E-state index contributed by atoms with van der Waals surface area (Å²) in [6.07, 6.45) is 1.59. The van der Waals surface area contributed by atoms with Gasteiger partial charge in [0.05, 0.1) is 10.7 Å². The van der Waals surface area contributed by atoms with Gasteiger partial charge in [-0.1, -0.05) is 23.2 Å². The summed E-state index contributed by atoms with van der Waals surface area (Å²) in [7, 11) is 0. The Hall–Kier alpha value is -1.88. The number of aryl methyl sites for hydroxylation is 1. The minimum Gasteiger partial charge on any atom is -0.459 e. The SMILES string of the molecule is Cc1ccc2oc(C(NN)c3ccc(Cl)cn3)cc2c1. The number of furan rings is 1. The Balaban J connectivity index is 2.04. The molecule has 3 N–H and O–H groups in total. The van der Waals surface area contributed by atoms with Gasteiger partial charge < -0.3 is 4.42 Å². The number of hydrogen-bond acceptors (Lipinski definition) is 4. The molecule has 0 saturated heterocycles. The molecule has 0 bridgehead atoms. The molecule has 1 atom stereocenters. The monoisotopic (exact) mass is 287 g/mol. The second kappa shape index (κ2) is 5.25. The minimum atomic E-state index is -0.306. The summed E-state index contributed by atoms with van der Waals surface area (Å²) in [5.41, 5.74) is 5.51. The molecule has 3 aromatic rings. The lowest BCUT2D eigenvalue weighted by atomic mass is 10.1. The van der Waals surface area contributed by atoms with E-state index in [9.17, 15) is 0 Å². The van der Waals surface area contributed by atoms with E-state index in [0.717, 1.165) is 22.4 Å². The molecule has 0 fully saturated rings. The van der Waals surface area contributed by atoms with Crippen molar-refractivity contribution in [3.63, 3.8) is 0 Å². The van der Waals surface area contributed by atoms with E-state index in [1.165, 1.54) is 5.56 Å². The predicted molar refractivity (Wildman–Crippen MR) is 79.4 cm³/mol. The zero-order valence-corrected chi connectivity index (χ0v) is 11.7. The number of hydrogen-bond donors (Lipinski definition) is 2. The van der Waals surface area contributed by atoms with Crippen LogP contribution in [0.15, 0.2) is 47.0 Å². The van der Waals surface area contributed by atoms with E-state index in [1.807, 2.05) is 31.2 Å². The molecule has 1 unspecified atom stereocenters. The lowest BCUT2D eigenvalue weighted by molar-refractivity contribution is 0.471. The summed E-state index contributed by atoms with van der Waals surface area (Å²) < 4.78 is 5.85. The van der Waals surface area contributed by atoms with E-state index < -0.39 is 0 Å². The first-order valence-corrected chi connectivity index (χ1v) is 6.63. The van der Waals surface area contributed by atoms with Gasteiger partial charge in [-0.05, 0) is 37.3 Å². The highest BCUT2D eigenvalue weighted by Gasteiger charge is 2.18. The van der Waals surface area contributed by atoms with Crippen LogP contribution in [-0.4, -0.2) is 4.98 Å². The molecule has 20 heavy (non-hydrogen) atoms. The molecular weight excluding hydrogens is 274 g/mol. The minimum absolute atomic E-state index is 0.306. The van der Waals surface area contributed by atoms with Gasteiger partial charge in [0.2, 0.25) is 0 Å². The third-order valence-corrected chi connectivity index (χ3v) is 3.41. The van der Waals surface area contributed by atoms with Gasteiger partial charge in [-0.3, -0.25) is 10.8 Å². The quantitative estimate of drug-likeness (QED) is 0.573. The second-order valence-corrected chi connectivity index (χ2v) is 5.13. The number of pyridine rings is 1. The molecule has 0 amide bonds. The van der Waals surface area contributed by atoms with E-state index >= 15 is 0 Å². The van der Waals surface area contributed by atoms with Crippen LogP contribution in [0.5, 0.6) is 0 Å². The average Bonchev–Trinajstić information content (AvgIpc) is 2.84. The molecule has 0 radical (unpaired) electrons. The van der Waals surface area contributed by atoms with Gasteiger partial charge in [0.1, 0.15) is 17.4 Å². The summed E-state index contributed by atoms with van der Waals surface area (Å²) in [4.78, 5) is 4.28. The lowest BCUT2D eigenvalue weighted by Gasteiger charge is -2.12. The summed E-state index contributed by atoms with van der Waals surface area (Å²) in [5, 5.41) is 1.64. The zero-order chi connectivity index (χ0) is 14.1. The Morgan fingerprint density at radius 3 is 2.80 bits per heavy atom. The van der Waals surface area contributed by atoms with Crippen LogP contribution in [0.3, 0.4) is 0 Å². The molecular formula is C15H14ClN3O. The van der Waals surface area contributed by atoms with Gasteiger partial charge in [0.25, 0.3) is 0 Å². The summed E-state index contributed by atoms with van der Waals surface area (Å²) >= 11 is 5.85. The van der Waals surface area contributed by atoms with Gasteiger partial charge in [-0.15, -0.1) is 0 Å². The van der Waals surface area contributed by atoms with Crippen LogP contribution >= 0.6 is 11.6 Å². The molecule has 4 nitrogen and oxygen atoms in total. The number of rotatable bonds is 3. The highest BCUT2D eigenvalue weighted by molar-refractivity contribution is 6.30. The van der Waals surface area contributed by atoms with E-state index in [2.05, 4.69) is 16.5 Å². The first kappa shape index (κ1) is 13.1. The fourth-order valence-corrected chi connectivity index (χ4v) is 2.31. The fraction of sp³-hybridized carbons (Fsp3) is 0.133. The Labute approximate surface area is 121 Å². The molecule has 2 heterocycles. The number of aromatic nitrogens is 1. The summed E-state index contributed by atoms with van der Waals surface area (Å²) in [6.45, 7) is 2.05. The number of halogens is 1. The van der Waals surface area contributed by atoms with Crippen LogP contribution in [-0.2, 0) is 0 Å². The molecule has 0 aliphatic heterocycles. The molecule has 0 aliphatic rings. The highest BCUT2D eigenvalue weighted by Crippen LogP contribution is 2.28. The van der Waals surface area contributed by atoms with E-state index in [4.69, 9.17) is 21.9 Å². The van der Waals surface area contributed by atoms with Crippen LogP contribution in [0, 0.1) is 6.92 Å². The van der Waals surface area contributed by atoms with E-state index in [1.54, 1.807) is 12.3 Å². The Morgan fingerprint density at radius 2 is 2.10 bits per heavy atom. The highest BCUT2D eigenvalue weighted by atomic mass is 35.5. The largest absolute Gasteiger partial charge is 0.459 e. The van der Waals surface area contributed by atoms with E-state index in [0.29, 0.717) is 5.02 Å². The van der Waals surface area contributed by atoms with Crippen LogP contribution in [0.4, 0.5) is 0 Å². The van der Waals surface area contributed by atoms with Crippen molar-refractivity contribution in [2.45, 2.75) is 13.0 Å². The van der Waals surface area contributed by atoms with Gasteiger partial charge in [-0.25, -0.2) is 5.43 Å². The first-order chi connectivity index (χ1) is 9.67. The third kappa shape index (κ3) is 2.41. The number of nitrogens with one attached hydrogen (secondary N) is 1. The smallest absolute Gasteiger partial charge is 0.134 e. The van der Waals surface area contributed by atoms with Crippen molar-refractivity contribution in [1.29, 1.82) is 0 Å². The van der Waals surface area contributed by atoms with Crippen LogP contribution in [0.1, 0.15) is 23.1 Å². The molecule has 0 spiro atoms. The standard InChI is InChI=1S/C15H14ClN3O/c1-9-2-5-13-10(6-9)7-14(20-13)15(19-17)12-4-3-11(16)8-18-12/h2-8,15,19H,17H2,1H3. The molecule has 5 heteroatoms. The number of nitrogens with zero attached hydrogens (tertiary/aromatic N) is 1. The van der Waals surface area contributed by atoms with Gasteiger partial charge in [0, 0.05) is 11.6 Å². The van der Waals surface area contributed by atoms with Gasteiger partial charge in [-0.2, -0.15) is 0 Å². The average molecular weight is 288 g/mol. The molecule has 102 valence electrons. The van der Waals surface area contributed by atoms with Crippen molar-refractivity contribution in [3.05, 3.63) is 64.6 Å². The molecule has 0 saturated carbocycles. The predicted octanol–water partition coefficient (Wildman–Crippen LogP) is 3.34. The zero-order valence-electron chi connectivity index (χ0n) is 10.9.